The molecule has 0 aliphatic heterocycles. The molecule has 0 spiro atoms. The van der Waals surface area contributed by atoms with E-state index in [1.54, 1.807) is 12.1 Å². The Morgan fingerprint density at radius 3 is 2.76 bits per heavy atom. The molecule has 2 aromatic rings. The summed E-state index contributed by atoms with van der Waals surface area (Å²) in [6.45, 7) is 0. The molecule has 6 heteroatoms. The number of hydrogen-bond donors (Lipinski definition) is 1. The van der Waals surface area contributed by atoms with Crippen molar-refractivity contribution in [3.05, 3.63) is 52.8 Å². The van der Waals surface area contributed by atoms with Crippen molar-refractivity contribution in [1.29, 1.82) is 0 Å². The third-order valence-corrected chi connectivity index (χ3v) is 2.45. The smallest absolute Gasteiger partial charge is 0.274 e. The van der Waals surface area contributed by atoms with Gasteiger partial charge in [0.05, 0.1) is 11.9 Å². The van der Waals surface area contributed by atoms with Gasteiger partial charge in [-0.15, -0.1) is 0 Å². The van der Waals surface area contributed by atoms with Gasteiger partial charge in [-0.05, 0) is 34.1 Å². The van der Waals surface area contributed by atoms with Gasteiger partial charge in [-0.1, -0.05) is 0 Å². The van der Waals surface area contributed by atoms with Crippen LogP contribution >= 0.6 is 15.9 Å². The van der Waals surface area contributed by atoms with E-state index in [9.17, 15) is 9.18 Å². The highest BCUT2D eigenvalue weighted by Gasteiger charge is 2.09. The van der Waals surface area contributed by atoms with Crippen molar-refractivity contribution in [2.45, 2.75) is 0 Å². The van der Waals surface area contributed by atoms with Gasteiger partial charge in [0, 0.05) is 16.9 Å². The van der Waals surface area contributed by atoms with Crippen molar-refractivity contribution in [2.24, 2.45) is 0 Å². The normalized spacial score (nSPS) is 10.0. The summed E-state index contributed by atoms with van der Waals surface area (Å²) in [5.74, 6) is -1.06. The molecule has 1 N–H and O–H groups in total. The summed E-state index contributed by atoms with van der Waals surface area (Å²) in [7, 11) is 0. The summed E-state index contributed by atoms with van der Waals surface area (Å²) < 4.78 is 14.0. The Kier molecular flexibility index (Phi) is 3.43. The maximum atomic E-state index is 13.2. The van der Waals surface area contributed by atoms with E-state index in [0.29, 0.717) is 0 Å². The quantitative estimate of drug-likeness (QED) is 0.927. The van der Waals surface area contributed by atoms with Crippen LogP contribution in [0.4, 0.5) is 10.1 Å². The highest BCUT2D eigenvalue weighted by atomic mass is 79.9. The van der Waals surface area contributed by atoms with Crippen LogP contribution in [0, 0.1) is 5.82 Å². The van der Waals surface area contributed by atoms with Gasteiger partial charge in [0.25, 0.3) is 5.91 Å². The van der Waals surface area contributed by atoms with Crippen LogP contribution in [0.5, 0.6) is 0 Å². The first-order valence-electron chi connectivity index (χ1n) is 4.69. The van der Waals surface area contributed by atoms with Crippen LogP contribution in [-0.2, 0) is 0 Å². The number of hydrogen-bond acceptors (Lipinski definition) is 3. The van der Waals surface area contributed by atoms with Gasteiger partial charge in [-0.2, -0.15) is 0 Å². The summed E-state index contributed by atoms with van der Waals surface area (Å²) >= 11 is 3.21. The number of rotatable bonds is 2. The first-order chi connectivity index (χ1) is 8.16. The Bertz CT molecular complexity index is 545. The highest BCUT2D eigenvalue weighted by Crippen LogP contribution is 2.13. The van der Waals surface area contributed by atoms with Gasteiger partial charge in [0.2, 0.25) is 0 Å². The Hall–Kier alpha value is -1.82. The van der Waals surface area contributed by atoms with Crippen LogP contribution in [-0.4, -0.2) is 15.9 Å². The Morgan fingerprint density at radius 2 is 2.12 bits per heavy atom. The average Bonchev–Trinajstić information content (AvgIpc) is 2.33. The monoisotopic (exact) mass is 295 g/mol. The van der Waals surface area contributed by atoms with Gasteiger partial charge >= 0.3 is 0 Å². The second-order valence-electron chi connectivity index (χ2n) is 3.17. The summed E-state index contributed by atoms with van der Waals surface area (Å²) in [5.41, 5.74) is 0.291. The van der Waals surface area contributed by atoms with Crippen LogP contribution in [0.1, 0.15) is 10.5 Å². The number of carbonyl (C=O) groups excluding carboxylic acids is 1. The lowest BCUT2D eigenvalue weighted by atomic mass is 10.3. The maximum Gasteiger partial charge on any atom is 0.274 e. The minimum absolute atomic E-state index is 0.0784. The van der Waals surface area contributed by atoms with Gasteiger partial charge in [0.1, 0.15) is 5.69 Å². The molecule has 0 aromatic carbocycles. The molecule has 0 bridgehead atoms. The second kappa shape index (κ2) is 5.01. The zero-order valence-corrected chi connectivity index (χ0v) is 10.1. The lowest BCUT2D eigenvalue weighted by Crippen LogP contribution is -2.14. The first-order valence-corrected chi connectivity index (χ1v) is 5.48. The molecule has 0 atom stereocenters. The predicted octanol–water partition coefficient (Wildman–Crippen LogP) is 2.63. The van der Waals surface area contributed by atoms with Crippen LogP contribution in [0.25, 0.3) is 0 Å². The van der Waals surface area contributed by atoms with Crippen molar-refractivity contribution in [3.63, 3.8) is 0 Å². The van der Waals surface area contributed by atoms with Crippen LogP contribution in [0.3, 0.4) is 0 Å². The van der Waals surface area contributed by atoms with Crippen LogP contribution < -0.4 is 5.32 Å². The zero-order chi connectivity index (χ0) is 12.3. The van der Waals surface area contributed by atoms with E-state index < -0.39 is 11.7 Å². The van der Waals surface area contributed by atoms with Crippen LogP contribution in [0.2, 0.25) is 0 Å². The van der Waals surface area contributed by atoms with E-state index in [4.69, 9.17) is 0 Å². The molecule has 17 heavy (non-hydrogen) atoms. The van der Waals surface area contributed by atoms with Crippen molar-refractivity contribution >= 4 is 27.5 Å². The molecule has 0 radical (unpaired) electrons. The fourth-order valence-electron chi connectivity index (χ4n) is 1.17. The number of anilines is 1. The van der Waals surface area contributed by atoms with Crippen molar-refractivity contribution in [3.8, 4) is 0 Å². The summed E-state index contributed by atoms with van der Waals surface area (Å²) in [6, 6.07) is 4.61. The number of aromatic nitrogens is 2. The van der Waals surface area contributed by atoms with Gasteiger partial charge in [-0.25, -0.2) is 9.37 Å². The SMILES string of the molecule is O=C(Nc1ccncc1F)c1ccc(Br)cn1. The minimum atomic E-state index is -0.585. The summed E-state index contributed by atoms with van der Waals surface area (Å²) in [4.78, 5) is 19.2. The molecule has 0 saturated heterocycles. The Morgan fingerprint density at radius 1 is 1.29 bits per heavy atom. The fraction of sp³-hybridized carbons (Fsp3) is 0. The molecule has 2 aromatic heterocycles. The van der Waals surface area contributed by atoms with Crippen molar-refractivity contribution < 1.29 is 9.18 Å². The van der Waals surface area contributed by atoms with E-state index in [1.807, 2.05) is 0 Å². The molecule has 0 unspecified atom stereocenters. The van der Waals surface area contributed by atoms with Gasteiger partial charge in [-0.3, -0.25) is 9.78 Å². The van der Waals surface area contributed by atoms with E-state index in [0.717, 1.165) is 10.7 Å². The molecule has 1 amide bonds. The molecule has 0 saturated carbocycles. The molecule has 4 nitrogen and oxygen atoms in total. The van der Waals surface area contributed by atoms with E-state index in [1.165, 1.54) is 18.5 Å². The number of nitrogens with zero attached hydrogens (tertiary/aromatic N) is 2. The second-order valence-corrected chi connectivity index (χ2v) is 4.09. The van der Waals surface area contributed by atoms with Crippen LogP contribution in [0.15, 0.2) is 41.3 Å². The molecule has 2 rings (SSSR count). The number of nitrogens with one attached hydrogen (secondary N) is 1. The van der Waals surface area contributed by atoms with Crippen molar-refractivity contribution in [2.75, 3.05) is 5.32 Å². The lowest BCUT2D eigenvalue weighted by molar-refractivity contribution is 0.102. The number of halogens is 2. The predicted molar refractivity (Wildman–Crippen MR) is 64.1 cm³/mol. The lowest BCUT2D eigenvalue weighted by Gasteiger charge is -2.04. The molecule has 2 heterocycles. The van der Waals surface area contributed by atoms with E-state index >= 15 is 0 Å². The Balaban J connectivity index is 2.17. The van der Waals surface area contributed by atoms with Crippen molar-refractivity contribution in [1.82, 2.24) is 9.97 Å². The largest absolute Gasteiger partial charge is 0.318 e. The third-order valence-electron chi connectivity index (χ3n) is 1.98. The average molecular weight is 296 g/mol. The highest BCUT2D eigenvalue weighted by molar-refractivity contribution is 9.10. The van der Waals surface area contributed by atoms with Gasteiger partial charge in [0.15, 0.2) is 5.82 Å². The van der Waals surface area contributed by atoms with Gasteiger partial charge < -0.3 is 5.32 Å². The van der Waals surface area contributed by atoms with E-state index in [2.05, 4.69) is 31.2 Å². The first kappa shape index (κ1) is 11.7. The molecule has 0 aliphatic carbocycles. The minimum Gasteiger partial charge on any atom is -0.318 e. The summed E-state index contributed by atoms with van der Waals surface area (Å²) in [5, 5.41) is 2.41. The van der Waals surface area contributed by atoms with E-state index in [-0.39, 0.29) is 11.4 Å². The Labute approximate surface area is 105 Å². The maximum absolute atomic E-state index is 13.2. The molecular weight excluding hydrogens is 289 g/mol. The number of carbonyl (C=O) groups is 1. The standard InChI is InChI=1S/C11H7BrFN3O/c12-7-1-2-10(15-5-7)11(17)16-9-3-4-14-6-8(9)13/h1-6H,(H,14,16,17). The molecule has 0 fully saturated rings. The summed E-state index contributed by atoms with van der Waals surface area (Å²) in [6.07, 6.45) is 3.93. The molecule has 0 aliphatic rings. The fourth-order valence-corrected chi connectivity index (χ4v) is 1.41. The number of pyridine rings is 2. The third kappa shape index (κ3) is 2.85. The molecular formula is C11H7BrFN3O. The molecule has 86 valence electrons. The topological polar surface area (TPSA) is 54.9 Å². The number of amides is 1. The zero-order valence-electron chi connectivity index (χ0n) is 8.52.